The summed E-state index contributed by atoms with van der Waals surface area (Å²) in [6, 6.07) is 3.64. The number of esters is 1. The quantitative estimate of drug-likeness (QED) is 0.597. The number of aryl methyl sites for hydroxylation is 1. The Bertz CT molecular complexity index is 351. The molecule has 0 aromatic carbocycles. The highest BCUT2D eigenvalue weighted by Crippen LogP contribution is 2.24. The standard InChI is InChI=1S/C12H19NO3S/c1-4-9-5-6-10(17-9)11(12(14)16-3)13-7-8-15-2/h5-6,11,13H,4,7-8H2,1-3H3. The van der Waals surface area contributed by atoms with Gasteiger partial charge in [0.1, 0.15) is 6.04 Å². The van der Waals surface area contributed by atoms with Crippen LogP contribution in [0, 0.1) is 0 Å². The highest BCUT2D eigenvalue weighted by Gasteiger charge is 2.22. The Hall–Kier alpha value is -0.910. The number of rotatable bonds is 7. The normalized spacial score (nSPS) is 12.4. The molecule has 1 heterocycles. The van der Waals surface area contributed by atoms with Crippen molar-refractivity contribution >= 4 is 17.3 Å². The molecule has 0 spiro atoms. The van der Waals surface area contributed by atoms with E-state index in [1.165, 1.54) is 12.0 Å². The third-order valence-electron chi connectivity index (χ3n) is 2.41. The number of carbonyl (C=O) groups excluding carboxylic acids is 1. The molecule has 0 saturated heterocycles. The molecule has 1 unspecified atom stereocenters. The predicted molar refractivity (Wildman–Crippen MR) is 68.3 cm³/mol. The van der Waals surface area contributed by atoms with E-state index in [1.807, 2.05) is 12.1 Å². The van der Waals surface area contributed by atoms with Crippen LogP contribution >= 0.6 is 11.3 Å². The van der Waals surface area contributed by atoms with Crippen LogP contribution in [0.25, 0.3) is 0 Å². The van der Waals surface area contributed by atoms with Crippen molar-refractivity contribution in [2.24, 2.45) is 0 Å². The molecule has 0 aliphatic rings. The van der Waals surface area contributed by atoms with E-state index in [-0.39, 0.29) is 12.0 Å². The fourth-order valence-corrected chi connectivity index (χ4v) is 2.48. The molecule has 1 aromatic heterocycles. The van der Waals surface area contributed by atoms with E-state index < -0.39 is 0 Å². The third-order valence-corrected chi connectivity index (χ3v) is 3.70. The minimum Gasteiger partial charge on any atom is -0.468 e. The molecule has 0 amide bonds. The lowest BCUT2D eigenvalue weighted by atomic mass is 10.2. The smallest absolute Gasteiger partial charge is 0.328 e. The Labute approximate surface area is 106 Å². The first-order valence-electron chi connectivity index (χ1n) is 5.61. The van der Waals surface area contributed by atoms with Crippen LogP contribution in [0.5, 0.6) is 0 Å². The maximum atomic E-state index is 11.7. The molecule has 5 heteroatoms. The fraction of sp³-hybridized carbons (Fsp3) is 0.583. The van der Waals surface area contributed by atoms with Gasteiger partial charge in [0.2, 0.25) is 0 Å². The Morgan fingerprint density at radius 1 is 1.47 bits per heavy atom. The Morgan fingerprint density at radius 2 is 2.24 bits per heavy atom. The topological polar surface area (TPSA) is 47.6 Å². The second-order valence-corrected chi connectivity index (χ2v) is 4.76. The first-order chi connectivity index (χ1) is 8.22. The molecule has 17 heavy (non-hydrogen) atoms. The lowest BCUT2D eigenvalue weighted by Crippen LogP contribution is -2.31. The molecule has 4 nitrogen and oxygen atoms in total. The first-order valence-corrected chi connectivity index (χ1v) is 6.43. The monoisotopic (exact) mass is 257 g/mol. The first kappa shape index (κ1) is 14.2. The van der Waals surface area contributed by atoms with Crippen LogP contribution in [-0.4, -0.2) is 33.3 Å². The summed E-state index contributed by atoms with van der Waals surface area (Å²) in [5, 5.41) is 3.14. The maximum Gasteiger partial charge on any atom is 0.328 e. The molecule has 96 valence electrons. The van der Waals surface area contributed by atoms with Gasteiger partial charge in [-0.3, -0.25) is 5.32 Å². The van der Waals surface area contributed by atoms with Crippen LogP contribution in [-0.2, 0) is 20.7 Å². The van der Waals surface area contributed by atoms with E-state index in [0.29, 0.717) is 13.2 Å². The van der Waals surface area contributed by atoms with Gasteiger partial charge < -0.3 is 9.47 Å². The highest BCUT2D eigenvalue weighted by molar-refractivity contribution is 7.12. The second-order valence-electron chi connectivity index (χ2n) is 3.56. The third kappa shape index (κ3) is 4.11. The molecule has 1 atom stereocenters. The van der Waals surface area contributed by atoms with Gasteiger partial charge in [0.05, 0.1) is 13.7 Å². The molecule has 1 aromatic rings. The van der Waals surface area contributed by atoms with E-state index >= 15 is 0 Å². The van der Waals surface area contributed by atoms with Gasteiger partial charge in [-0.1, -0.05) is 6.92 Å². The lowest BCUT2D eigenvalue weighted by molar-refractivity contribution is -0.143. The van der Waals surface area contributed by atoms with Crippen LogP contribution in [0.2, 0.25) is 0 Å². The van der Waals surface area contributed by atoms with Gasteiger partial charge in [-0.05, 0) is 18.6 Å². The molecule has 0 fully saturated rings. The van der Waals surface area contributed by atoms with Crippen LogP contribution in [0.3, 0.4) is 0 Å². The minimum atomic E-state index is -0.388. The minimum absolute atomic E-state index is 0.259. The number of thiophene rings is 1. The Kier molecular flexibility index (Phi) is 6.18. The number of carbonyl (C=O) groups is 1. The van der Waals surface area contributed by atoms with Crippen molar-refractivity contribution in [2.75, 3.05) is 27.4 Å². The number of ether oxygens (including phenoxy) is 2. The van der Waals surface area contributed by atoms with E-state index in [0.717, 1.165) is 11.3 Å². The summed E-state index contributed by atoms with van der Waals surface area (Å²) >= 11 is 1.64. The molecule has 0 aliphatic carbocycles. The van der Waals surface area contributed by atoms with Gasteiger partial charge in [0.15, 0.2) is 0 Å². The van der Waals surface area contributed by atoms with Crippen molar-refractivity contribution in [2.45, 2.75) is 19.4 Å². The maximum absolute atomic E-state index is 11.7. The van der Waals surface area contributed by atoms with Crippen molar-refractivity contribution in [1.82, 2.24) is 5.32 Å². The molecule has 0 saturated carbocycles. The van der Waals surface area contributed by atoms with Crippen molar-refractivity contribution in [3.63, 3.8) is 0 Å². The molecule has 0 aliphatic heterocycles. The number of hydrogen-bond acceptors (Lipinski definition) is 5. The van der Waals surface area contributed by atoms with E-state index in [2.05, 4.69) is 12.2 Å². The largest absolute Gasteiger partial charge is 0.468 e. The van der Waals surface area contributed by atoms with Gasteiger partial charge in [-0.2, -0.15) is 0 Å². The Balaban J connectivity index is 2.71. The van der Waals surface area contributed by atoms with Crippen molar-refractivity contribution in [1.29, 1.82) is 0 Å². The fourth-order valence-electron chi connectivity index (χ4n) is 1.46. The van der Waals surface area contributed by atoms with E-state index in [9.17, 15) is 4.79 Å². The van der Waals surface area contributed by atoms with Crippen LogP contribution < -0.4 is 5.32 Å². The summed E-state index contributed by atoms with van der Waals surface area (Å²) in [4.78, 5) is 13.9. The molecule has 0 radical (unpaired) electrons. The molecule has 0 bridgehead atoms. The summed E-state index contributed by atoms with van der Waals surface area (Å²) in [5.74, 6) is -0.259. The Morgan fingerprint density at radius 3 is 2.76 bits per heavy atom. The average molecular weight is 257 g/mol. The average Bonchev–Trinajstić information content (AvgIpc) is 2.82. The summed E-state index contributed by atoms with van der Waals surface area (Å²) < 4.78 is 9.76. The number of methoxy groups -OCH3 is 2. The van der Waals surface area contributed by atoms with Crippen molar-refractivity contribution in [3.8, 4) is 0 Å². The number of nitrogens with one attached hydrogen (secondary N) is 1. The van der Waals surface area contributed by atoms with E-state index in [1.54, 1.807) is 18.4 Å². The van der Waals surface area contributed by atoms with Crippen LogP contribution in [0.1, 0.15) is 22.7 Å². The van der Waals surface area contributed by atoms with Gasteiger partial charge in [0.25, 0.3) is 0 Å². The zero-order valence-electron chi connectivity index (χ0n) is 10.5. The predicted octanol–water partition coefficient (Wildman–Crippen LogP) is 1.76. The van der Waals surface area contributed by atoms with Crippen LogP contribution in [0.15, 0.2) is 12.1 Å². The number of hydrogen-bond donors (Lipinski definition) is 1. The molecule has 1 N–H and O–H groups in total. The summed E-state index contributed by atoms with van der Waals surface area (Å²) in [5.41, 5.74) is 0. The second kappa shape index (κ2) is 7.42. The molecular weight excluding hydrogens is 238 g/mol. The lowest BCUT2D eigenvalue weighted by Gasteiger charge is -2.14. The van der Waals surface area contributed by atoms with Crippen LogP contribution in [0.4, 0.5) is 0 Å². The van der Waals surface area contributed by atoms with Gasteiger partial charge >= 0.3 is 5.97 Å². The zero-order valence-corrected chi connectivity index (χ0v) is 11.3. The summed E-state index contributed by atoms with van der Waals surface area (Å²) in [7, 11) is 3.04. The summed E-state index contributed by atoms with van der Waals surface area (Å²) in [6.07, 6.45) is 0.983. The molecular formula is C12H19NO3S. The van der Waals surface area contributed by atoms with E-state index in [4.69, 9.17) is 9.47 Å². The van der Waals surface area contributed by atoms with Gasteiger partial charge in [-0.15, -0.1) is 11.3 Å². The van der Waals surface area contributed by atoms with Gasteiger partial charge in [-0.25, -0.2) is 4.79 Å². The molecule has 1 rings (SSSR count). The van der Waals surface area contributed by atoms with Crippen molar-refractivity contribution in [3.05, 3.63) is 21.9 Å². The van der Waals surface area contributed by atoms with Gasteiger partial charge in [0, 0.05) is 23.4 Å². The summed E-state index contributed by atoms with van der Waals surface area (Å²) in [6.45, 7) is 3.29. The SMILES string of the molecule is CCc1ccc(C(NCCOC)C(=O)OC)s1. The zero-order chi connectivity index (χ0) is 12.7. The van der Waals surface area contributed by atoms with Crippen molar-refractivity contribution < 1.29 is 14.3 Å². The highest BCUT2D eigenvalue weighted by atomic mass is 32.1.